The summed E-state index contributed by atoms with van der Waals surface area (Å²) in [7, 11) is 0. The number of nitro groups is 1. The highest BCUT2D eigenvalue weighted by Crippen LogP contribution is 2.25. The number of hydrogen-bond acceptors (Lipinski definition) is 8. The third kappa shape index (κ3) is 5.91. The largest absolute Gasteiger partial charge is 0.478 e. The number of esters is 1. The maximum absolute atomic E-state index is 13.3. The van der Waals surface area contributed by atoms with Gasteiger partial charge in [0.15, 0.2) is 6.10 Å². The standard InChI is InChI=1S/C24H25BrN4O6/c1-5-14(3)22-27-20-9-7-17(25)12-19(20)23(30)28(22)26-13-16-11-18(29(32)33)8-10-21(16)35-15(4)24(31)34-6-2/h7-15H,5-6H2,1-4H3/t14-,15+/m0/s1. The van der Waals surface area contributed by atoms with E-state index in [-0.39, 0.29) is 35.1 Å². The Kier molecular flexibility index (Phi) is 8.34. The van der Waals surface area contributed by atoms with Crippen LogP contribution in [0.4, 0.5) is 5.69 Å². The van der Waals surface area contributed by atoms with Crippen LogP contribution in [-0.2, 0) is 9.53 Å². The normalized spacial score (nSPS) is 13.1. The van der Waals surface area contributed by atoms with Gasteiger partial charge in [-0.15, -0.1) is 0 Å². The molecule has 0 spiro atoms. The number of benzene rings is 2. The van der Waals surface area contributed by atoms with Crippen LogP contribution >= 0.6 is 15.9 Å². The lowest BCUT2D eigenvalue weighted by molar-refractivity contribution is -0.384. The second-order valence-corrected chi connectivity index (χ2v) is 8.71. The van der Waals surface area contributed by atoms with Gasteiger partial charge in [-0.05, 0) is 44.5 Å². The van der Waals surface area contributed by atoms with Gasteiger partial charge in [0.05, 0.1) is 28.6 Å². The van der Waals surface area contributed by atoms with Gasteiger partial charge in [-0.2, -0.15) is 9.78 Å². The van der Waals surface area contributed by atoms with Crippen LogP contribution in [0, 0.1) is 10.1 Å². The second-order valence-electron chi connectivity index (χ2n) is 7.79. The third-order valence-corrected chi connectivity index (χ3v) is 5.82. The Hall–Kier alpha value is -3.60. The van der Waals surface area contributed by atoms with Crippen molar-refractivity contribution in [1.29, 1.82) is 0 Å². The van der Waals surface area contributed by atoms with Gasteiger partial charge >= 0.3 is 5.97 Å². The van der Waals surface area contributed by atoms with Crippen molar-refractivity contribution >= 4 is 44.7 Å². The number of hydrogen-bond donors (Lipinski definition) is 0. The second kappa shape index (κ2) is 11.2. The molecule has 3 aromatic rings. The average molecular weight is 545 g/mol. The zero-order chi connectivity index (χ0) is 25.7. The third-order valence-electron chi connectivity index (χ3n) is 5.33. The molecule has 3 rings (SSSR count). The van der Waals surface area contributed by atoms with Crippen LogP contribution in [0.5, 0.6) is 5.75 Å². The van der Waals surface area contributed by atoms with Crippen molar-refractivity contribution in [2.24, 2.45) is 5.10 Å². The number of aromatic nitrogens is 2. The molecule has 0 fully saturated rings. The van der Waals surface area contributed by atoms with Crippen molar-refractivity contribution in [1.82, 2.24) is 9.66 Å². The van der Waals surface area contributed by atoms with Gasteiger partial charge < -0.3 is 9.47 Å². The number of rotatable bonds is 9. The number of carbonyl (C=O) groups is 1. The van der Waals surface area contributed by atoms with Gasteiger partial charge in [-0.1, -0.05) is 29.8 Å². The zero-order valence-corrected chi connectivity index (χ0v) is 21.3. The summed E-state index contributed by atoms with van der Waals surface area (Å²) >= 11 is 3.37. The molecule has 35 heavy (non-hydrogen) atoms. The molecular formula is C24H25BrN4O6. The number of carbonyl (C=O) groups excluding carboxylic acids is 1. The minimum absolute atomic E-state index is 0.0856. The molecular weight excluding hydrogens is 520 g/mol. The highest BCUT2D eigenvalue weighted by atomic mass is 79.9. The lowest BCUT2D eigenvalue weighted by atomic mass is 10.1. The summed E-state index contributed by atoms with van der Waals surface area (Å²) in [6.45, 7) is 7.28. The minimum Gasteiger partial charge on any atom is -0.478 e. The number of fused-ring (bicyclic) bond motifs is 1. The van der Waals surface area contributed by atoms with E-state index in [2.05, 4.69) is 26.0 Å². The molecule has 0 aliphatic heterocycles. The monoisotopic (exact) mass is 544 g/mol. The Bertz CT molecular complexity index is 1350. The number of ether oxygens (including phenoxy) is 2. The van der Waals surface area contributed by atoms with E-state index in [1.165, 1.54) is 36.0 Å². The predicted molar refractivity (Wildman–Crippen MR) is 135 cm³/mol. The number of nitrogens with zero attached hydrogens (tertiary/aromatic N) is 4. The maximum Gasteiger partial charge on any atom is 0.347 e. The van der Waals surface area contributed by atoms with E-state index >= 15 is 0 Å². The van der Waals surface area contributed by atoms with Crippen molar-refractivity contribution in [3.8, 4) is 5.75 Å². The molecule has 0 N–H and O–H groups in total. The first-order chi connectivity index (χ1) is 16.7. The molecule has 0 unspecified atom stereocenters. The fraction of sp³-hybridized carbons (Fsp3) is 0.333. The number of non-ortho nitro benzene ring substituents is 1. The lowest BCUT2D eigenvalue weighted by Crippen LogP contribution is -2.26. The van der Waals surface area contributed by atoms with Crippen molar-refractivity contribution in [3.05, 3.63) is 72.7 Å². The van der Waals surface area contributed by atoms with Gasteiger partial charge in [0.25, 0.3) is 11.2 Å². The van der Waals surface area contributed by atoms with Gasteiger partial charge in [0.1, 0.15) is 11.6 Å². The minimum atomic E-state index is -0.957. The van der Waals surface area contributed by atoms with E-state index in [0.717, 1.165) is 4.47 Å². The molecule has 0 aliphatic carbocycles. The van der Waals surface area contributed by atoms with Crippen molar-refractivity contribution < 1.29 is 19.2 Å². The van der Waals surface area contributed by atoms with Crippen LogP contribution in [0.15, 0.2) is 50.8 Å². The van der Waals surface area contributed by atoms with Crippen LogP contribution in [0.1, 0.15) is 51.4 Å². The highest BCUT2D eigenvalue weighted by molar-refractivity contribution is 9.10. The quantitative estimate of drug-likeness (QED) is 0.164. The topological polar surface area (TPSA) is 126 Å². The van der Waals surface area contributed by atoms with Crippen LogP contribution in [-0.4, -0.2) is 39.5 Å². The zero-order valence-electron chi connectivity index (χ0n) is 19.7. The molecule has 0 radical (unpaired) electrons. The molecule has 1 aromatic heterocycles. The van der Waals surface area contributed by atoms with Crippen LogP contribution < -0.4 is 10.3 Å². The SMILES string of the molecule is CCOC(=O)[C@@H](C)Oc1ccc([N+](=O)[O-])cc1C=Nn1c([C@@H](C)CC)nc2ccc(Br)cc2c1=O. The highest BCUT2D eigenvalue weighted by Gasteiger charge is 2.20. The Morgan fingerprint density at radius 2 is 2.00 bits per heavy atom. The van der Waals surface area contributed by atoms with Crippen molar-refractivity contribution in [2.45, 2.75) is 46.1 Å². The van der Waals surface area contributed by atoms with Gasteiger partial charge in [-0.3, -0.25) is 14.9 Å². The Morgan fingerprint density at radius 1 is 1.26 bits per heavy atom. The average Bonchev–Trinajstić information content (AvgIpc) is 2.83. The fourth-order valence-corrected chi connectivity index (χ4v) is 3.62. The van der Waals surface area contributed by atoms with Crippen molar-refractivity contribution in [2.75, 3.05) is 6.61 Å². The lowest BCUT2D eigenvalue weighted by Gasteiger charge is -2.16. The van der Waals surface area contributed by atoms with Crippen LogP contribution in [0.25, 0.3) is 10.9 Å². The van der Waals surface area contributed by atoms with Gasteiger partial charge in [0, 0.05) is 28.1 Å². The molecule has 2 atom stereocenters. The Labute approximate surface area is 209 Å². The smallest absolute Gasteiger partial charge is 0.347 e. The number of nitro benzene ring substituents is 1. The molecule has 0 saturated carbocycles. The Morgan fingerprint density at radius 3 is 2.66 bits per heavy atom. The van der Waals surface area contributed by atoms with Crippen LogP contribution in [0.3, 0.4) is 0 Å². The molecule has 184 valence electrons. The first-order valence-electron chi connectivity index (χ1n) is 11.0. The van der Waals surface area contributed by atoms with Crippen molar-refractivity contribution in [3.63, 3.8) is 0 Å². The summed E-state index contributed by atoms with van der Waals surface area (Å²) in [6, 6.07) is 9.12. The molecule has 0 saturated heterocycles. The summed E-state index contributed by atoms with van der Waals surface area (Å²) in [5.74, 6) is -0.0308. The molecule has 0 bridgehead atoms. The van der Waals surface area contributed by atoms with E-state index in [0.29, 0.717) is 23.1 Å². The molecule has 10 nitrogen and oxygen atoms in total. The summed E-state index contributed by atoms with van der Waals surface area (Å²) in [6.07, 6.45) is 1.05. The van der Waals surface area contributed by atoms with E-state index in [1.54, 1.807) is 25.1 Å². The van der Waals surface area contributed by atoms with E-state index in [4.69, 9.17) is 9.47 Å². The first-order valence-corrected chi connectivity index (χ1v) is 11.8. The first kappa shape index (κ1) is 26.0. The summed E-state index contributed by atoms with van der Waals surface area (Å²) < 4.78 is 12.6. The molecule has 0 aliphatic rings. The van der Waals surface area contributed by atoms with Gasteiger partial charge in [-0.25, -0.2) is 9.78 Å². The molecule has 2 aromatic carbocycles. The van der Waals surface area contributed by atoms with E-state index in [1.807, 2.05) is 13.8 Å². The van der Waals surface area contributed by atoms with E-state index in [9.17, 15) is 19.7 Å². The molecule has 0 amide bonds. The molecule has 1 heterocycles. The van der Waals surface area contributed by atoms with Gasteiger partial charge in [0.2, 0.25) is 0 Å². The maximum atomic E-state index is 13.3. The molecule has 11 heteroatoms. The van der Waals surface area contributed by atoms with Crippen LogP contribution in [0.2, 0.25) is 0 Å². The Balaban J connectivity index is 2.14. The summed E-state index contributed by atoms with van der Waals surface area (Å²) in [5.41, 5.74) is 0.183. The number of halogens is 1. The predicted octanol–water partition coefficient (Wildman–Crippen LogP) is 4.79. The van der Waals surface area contributed by atoms with E-state index < -0.39 is 17.0 Å². The summed E-state index contributed by atoms with van der Waals surface area (Å²) in [5, 5.41) is 16.1. The summed E-state index contributed by atoms with van der Waals surface area (Å²) in [4.78, 5) is 40.8. The fourth-order valence-electron chi connectivity index (χ4n) is 3.25.